The van der Waals surface area contributed by atoms with Crippen LogP contribution in [0.2, 0.25) is 0 Å². The molecule has 0 bridgehead atoms. The first kappa shape index (κ1) is 17.7. The van der Waals surface area contributed by atoms with Gasteiger partial charge in [-0.25, -0.2) is 0 Å². The minimum atomic E-state index is -0.0602. The minimum absolute atomic E-state index is 0.0602. The van der Waals surface area contributed by atoms with E-state index in [0.29, 0.717) is 42.7 Å². The molecule has 0 unspecified atom stereocenters. The predicted molar refractivity (Wildman–Crippen MR) is 96.0 cm³/mol. The summed E-state index contributed by atoms with van der Waals surface area (Å²) in [5, 5.41) is 7.07. The third-order valence-electron chi connectivity index (χ3n) is 4.82. The van der Waals surface area contributed by atoms with E-state index in [-0.39, 0.29) is 25.3 Å². The van der Waals surface area contributed by atoms with Crippen molar-refractivity contribution in [3.8, 4) is 17.2 Å². The molecule has 2 aliphatic rings. The molecule has 1 N–H and O–H groups in total. The van der Waals surface area contributed by atoms with Crippen LogP contribution in [0.3, 0.4) is 0 Å². The molecule has 1 fully saturated rings. The quantitative estimate of drug-likeness (QED) is 0.837. The number of rotatable bonds is 6. The standard InChI is InChI=1S/C19H23N3O5/c1-2-22(14-5-7-24-8-6-14)19(23)16-9-13(20-21-16)11-25-15-3-4-17-18(10-15)27-12-26-17/h3-4,9-10,14H,2,5-8,11-12H2,1H3,(H,20,21). The number of amides is 1. The molecule has 2 aromatic rings. The van der Waals surface area contributed by atoms with Crippen molar-refractivity contribution in [3.63, 3.8) is 0 Å². The fourth-order valence-electron chi connectivity index (χ4n) is 3.38. The van der Waals surface area contributed by atoms with Crippen LogP contribution in [0, 0.1) is 0 Å². The Morgan fingerprint density at radius 2 is 2.07 bits per heavy atom. The van der Waals surface area contributed by atoms with E-state index < -0.39 is 0 Å². The molecule has 8 nitrogen and oxygen atoms in total. The zero-order chi connectivity index (χ0) is 18.6. The number of carbonyl (C=O) groups excluding carboxylic acids is 1. The van der Waals surface area contributed by atoms with Crippen LogP contribution in [-0.2, 0) is 11.3 Å². The van der Waals surface area contributed by atoms with E-state index in [9.17, 15) is 4.79 Å². The average Bonchev–Trinajstić information content (AvgIpc) is 3.36. The lowest BCUT2D eigenvalue weighted by Crippen LogP contribution is -2.43. The molecular formula is C19H23N3O5. The Kier molecular flexibility index (Phi) is 5.15. The van der Waals surface area contributed by atoms with Gasteiger partial charge in [-0.3, -0.25) is 9.89 Å². The number of hydrogen-bond donors (Lipinski definition) is 1. The lowest BCUT2D eigenvalue weighted by atomic mass is 10.1. The van der Waals surface area contributed by atoms with Crippen LogP contribution in [0.1, 0.15) is 35.9 Å². The highest BCUT2D eigenvalue weighted by Crippen LogP contribution is 2.35. The number of aromatic amines is 1. The Labute approximate surface area is 157 Å². The number of fused-ring (bicyclic) bond motifs is 1. The van der Waals surface area contributed by atoms with Crippen LogP contribution in [-0.4, -0.2) is 53.6 Å². The van der Waals surface area contributed by atoms with Crippen molar-refractivity contribution < 1.29 is 23.7 Å². The van der Waals surface area contributed by atoms with Gasteiger partial charge in [-0.2, -0.15) is 5.10 Å². The second-order valence-electron chi connectivity index (χ2n) is 6.52. The number of hydrogen-bond acceptors (Lipinski definition) is 6. The van der Waals surface area contributed by atoms with Crippen LogP contribution in [0.15, 0.2) is 24.3 Å². The van der Waals surface area contributed by atoms with E-state index >= 15 is 0 Å². The van der Waals surface area contributed by atoms with Gasteiger partial charge in [0.15, 0.2) is 17.2 Å². The first-order chi connectivity index (χ1) is 13.2. The van der Waals surface area contributed by atoms with Crippen molar-refractivity contribution in [3.05, 3.63) is 35.7 Å². The highest BCUT2D eigenvalue weighted by molar-refractivity contribution is 5.92. The number of carbonyl (C=O) groups is 1. The van der Waals surface area contributed by atoms with Crippen LogP contribution < -0.4 is 14.2 Å². The smallest absolute Gasteiger partial charge is 0.274 e. The third kappa shape index (κ3) is 3.85. The summed E-state index contributed by atoms with van der Waals surface area (Å²) in [5.74, 6) is 1.99. The number of nitrogens with one attached hydrogen (secondary N) is 1. The molecule has 1 saturated heterocycles. The summed E-state index contributed by atoms with van der Waals surface area (Å²) in [5.41, 5.74) is 1.15. The molecule has 8 heteroatoms. The van der Waals surface area contributed by atoms with Crippen molar-refractivity contribution >= 4 is 5.91 Å². The first-order valence-corrected chi connectivity index (χ1v) is 9.20. The van der Waals surface area contributed by atoms with Crippen LogP contribution in [0.4, 0.5) is 0 Å². The molecule has 3 heterocycles. The molecule has 1 amide bonds. The summed E-state index contributed by atoms with van der Waals surface area (Å²) < 4.78 is 21.8. The van der Waals surface area contributed by atoms with Crippen molar-refractivity contribution in [1.82, 2.24) is 15.1 Å². The Hall–Kier alpha value is -2.74. The lowest BCUT2D eigenvalue weighted by molar-refractivity contribution is 0.0302. The van der Waals surface area contributed by atoms with Crippen molar-refractivity contribution in [2.24, 2.45) is 0 Å². The molecule has 4 rings (SSSR count). The van der Waals surface area contributed by atoms with Gasteiger partial charge in [0.1, 0.15) is 12.4 Å². The fourth-order valence-corrected chi connectivity index (χ4v) is 3.38. The zero-order valence-corrected chi connectivity index (χ0v) is 15.3. The van der Waals surface area contributed by atoms with Gasteiger partial charge in [-0.15, -0.1) is 0 Å². The molecular weight excluding hydrogens is 350 g/mol. The highest BCUT2D eigenvalue weighted by Gasteiger charge is 2.26. The average molecular weight is 373 g/mol. The van der Waals surface area contributed by atoms with Crippen molar-refractivity contribution in [2.75, 3.05) is 26.6 Å². The van der Waals surface area contributed by atoms with Crippen molar-refractivity contribution in [2.45, 2.75) is 32.4 Å². The van der Waals surface area contributed by atoms with E-state index in [4.69, 9.17) is 18.9 Å². The lowest BCUT2D eigenvalue weighted by Gasteiger charge is -2.33. The van der Waals surface area contributed by atoms with E-state index in [1.807, 2.05) is 24.0 Å². The summed E-state index contributed by atoms with van der Waals surface area (Å²) in [6.07, 6.45) is 1.73. The van der Waals surface area contributed by atoms with Crippen LogP contribution >= 0.6 is 0 Å². The third-order valence-corrected chi connectivity index (χ3v) is 4.82. The van der Waals surface area contributed by atoms with Gasteiger partial charge >= 0.3 is 0 Å². The molecule has 1 aromatic carbocycles. The molecule has 144 valence electrons. The minimum Gasteiger partial charge on any atom is -0.487 e. The molecule has 2 aliphatic heterocycles. The SMILES string of the molecule is CCN(C(=O)c1cc(COc2ccc3c(c2)OCO3)[nH]n1)C1CCOCC1. The fraction of sp³-hybridized carbons (Fsp3) is 0.474. The molecule has 0 atom stereocenters. The maximum Gasteiger partial charge on any atom is 0.274 e. The largest absolute Gasteiger partial charge is 0.487 e. The highest BCUT2D eigenvalue weighted by atomic mass is 16.7. The van der Waals surface area contributed by atoms with Gasteiger partial charge in [0.05, 0.1) is 5.69 Å². The summed E-state index contributed by atoms with van der Waals surface area (Å²) in [4.78, 5) is 14.7. The first-order valence-electron chi connectivity index (χ1n) is 9.20. The van der Waals surface area contributed by atoms with E-state index in [0.717, 1.165) is 18.5 Å². The van der Waals surface area contributed by atoms with Gasteiger partial charge < -0.3 is 23.8 Å². The molecule has 0 aliphatic carbocycles. The van der Waals surface area contributed by atoms with Gasteiger partial charge in [-0.05, 0) is 38.0 Å². The summed E-state index contributed by atoms with van der Waals surface area (Å²) >= 11 is 0. The Balaban J connectivity index is 1.38. The van der Waals surface area contributed by atoms with Gasteiger partial charge in [0, 0.05) is 31.9 Å². The second kappa shape index (κ2) is 7.87. The number of ether oxygens (including phenoxy) is 4. The van der Waals surface area contributed by atoms with Gasteiger partial charge in [0.25, 0.3) is 5.91 Å². The summed E-state index contributed by atoms with van der Waals surface area (Å²) in [6, 6.07) is 7.37. The maximum atomic E-state index is 12.8. The predicted octanol–water partition coefficient (Wildman–Crippen LogP) is 2.36. The number of aromatic nitrogens is 2. The summed E-state index contributed by atoms with van der Waals surface area (Å²) in [6.45, 7) is 4.55. The summed E-state index contributed by atoms with van der Waals surface area (Å²) in [7, 11) is 0. The van der Waals surface area contributed by atoms with Crippen LogP contribution in [0.5, 0.6) is 17.2 Å². The number of nitrogens with zero attached hydrogens (tertiary/aromatic N) is 2. The number of H-pyrrole nitrogens is 1. The van der Waals surface area contributed by atoms with E-state index in [1.54, 1.807) is 12.1 Å². The number of benzene rings is 1. The molecule has 27 heavy (non-hydrogen) atoms. The molecule has 1 aromatic heterocycles. The Bertz CT molecular complexity index is 800. The van der Waals surface area contributed by atoms with Crippen molar-refractivity contribution in [1.29, 1.82) is 0 Å². The zero-order valence-electron chi connectivity index (χ0n) is 15.3. The van der Waals surface area contributed by atoms with E-state index in [2.05, 4.69) is 10.2 Å². The van der Waals surface area contributed by atoms with Crippen LogP contribution in [0.25, 0.3) is 0 Å². The Morgan fingerprint density at radius 1 is 1.26 bits per heavy atom. The topological polar surface area (TPSA) is 85.9 Å². The van der Waals surface area contributed by atoms with Gasteiger partial charge in [-0.1, -0.05) is 0 Å². The molecule has 0 radical (unpaired) electrons. The maximum absolute atomic E-state index is 12.8. The second-order valence-corrected chi connectivity index (χ2v) is 6.52. The normalized spacial score (nSPS) is 16.3. The van der Waals surface area contributed by atoms with E-state index in [1.165, 1.54) is 0 Å². The Morgan fingerprint density at radius 3 is 2.89 bits per heavy atom. The molecule has 0 spiro atoms. The monoisotopic (exact) mass is 373 g/mol. The van der Waals surface area contributed by atoms with Gasteiger partial charge in [0.2, 0.25) is 6.79 Å². The molecule has 0 saturated carbocycles.